The van der Waals surface area contributed by atoms with Gasteiger partial charge in [-0.05, 0) is 24.6 Å². The molecule has 6 nitrogen and oxygen atoms in total. The summed E-state index contributed by atoms with van der Waals surface area (Å²) in [6.07, 6.45) is 1.63. The molecule has 0 spiro atoms. The van der Waals surface area contributed by atoms with Crippen molar-refractivity contribution >= 4 is 28.6 Å². The number of H-pyrrole nitrogens is 1. The SMILES string of the molecule is CNc1nc(Oc2cc(Cl)ccc2C)c2cn[nH]c2n1. The molecule has 0 saturated heterocycles. The van der Waals surface area contributed by atoms with Crippen molar-refractivity contribution < 1.29 is 4.74 Å². The lowest BCUT2D eigenvalue weighted by Crippen LogP contribution is -1.99. The second-order valence-corrected chi connectivity index (χ2v) is 4.68. The van der Waals surface area contributed by atoms with Gasteiger partial charge in [0.2, 0.25) is 11.8 Å². The fourth-order valence-electron chi connectivity index (χ4n) is 1.79. The van der Waals surface area contributed by atoms with Gasteiger partial charge < -0.3 is 10.1 Å². The third-order valence-electron chi connectivity index (χ3n) is 2.86. The summed E-state index contributed by atoms with van der Waals surface area (Å²) in [6.45, 7) is 1.94. The number of nitrogens with zero attached hydrogens (tertiary/aromatic N) is 3. The number of aromatic nitrogens is 4. The largest absolute Gasteiger partial charge is 0.438 e. The summed E-state index contributed by atoms with van der Waals surface area (Å²) >= 11 is 6.00. The van der Waals surface area contributed by atoms with Crippen molar-refractivity contribution in [3.05, 3.63) is 35.0 Å². The number of rotatable bonds is 3. The summed E-state index contributed by atoms with van der Waals surface area (Å²) in [5, 5.41) is 11.0. The maximum absolute atomic E-state index is 6.00. The Bertz CT molecular complexity index is 771. The van der Waals surface area contributed by atoms with Crippen LogP contribution in [0.1, 0.15) is 5.56 Å². The molecule has 2 N–H and O–H groups in total. The highest BCUT2D eigenvalue weighted by molar-refractivity contribution is 6.30. The van der Waals surface area contributed by atoms with Crippen LogP contribution in [0, 0.1) is 6.92 Å². The van der Waals surface area contributed by atoms with Crippen LogP contribution >= 0.6 is 11.6 Å². The number of benzene rings is 1. The van der Waals surface area contributed by atoms with E-state index in [1.165, 1.54) is 0 Å². The first kappa shape index (κ1) is 12.7. The van der Waals surface area contributed by atoms with Crippen molar-refractivity contribution in [2.24, 2.45) is 0 Å². The molecule has 0 aliphatic heterocycles. The van der Waals surface area contributed by atoms with E-state index in [1.807, 2.05) is 19.1 Å². The minimum absolute atomic E-state index is 0.429. The molecule has 20 heavy (non-hydrogen) atoms. The Morgan fingerprint density at radius 3 is 2.95 bits per heavy atom. The fraction of sp³-hybridized carbons (Fsp3) is 0.154. The van der Waals surface area contributed by atoms with Crippen molar-refractivity contribution in [1.82, 2.24) is 20.2 Å². The normalized spacial score (nSPS) is 10.8. The second kappa shape index (κ2) is 4.97. The molecule has 0 amide bonds. The first-order valence-corrected chi connectivity index (χ1v) is 6.38. The molecule has 0 radical (unpaired) electrons. The summed E-state index contributed by atoms with van der Waals surface area (Å²) in [7, 11) is 1.74. The molecule has 0 aliphatic rings. The highest BCUT2D eigenvalue weighted by Gasteiger charge is 2.12. The van der Waals surface area contributed by atoms with Crippen LogP contribution in [0.25, 0.3) is 11.0 Å². The van der Waals surface area contributed by atoms with Crippen LogP contribution in [0.3, 0.4) is 0 Å². The Hall–Kier alpha value is -2.34. The van der Waals surface area contributed by atoms with Crippen molar-refractivity contribution in [3.63, 3.8) is 0 Å². The van der Waals surface area contributed by atoms with Crippen molar-refractivity contribution in [2.75, 3.05) is 12.4 Å². The molecule has 0 fully saturated rings. The van der Waals surface area contributed by atoms with E-state index in [-0.39, 0.29) is 0 Å². The average molecular weight is 290 g/mol. The van der Waals surface area contributed by atoms with Gasteiger partial charge in [-0.25, -0.2) is 0 Å². The lowest BCUT2D eigenvalue weighted by atomic mass is 10.2. The van der Waals surface area contributed by atoms with E-state index in [2.05, 4.69) is 25.5 Å². The van der Waals surface area contributed by atoms with Gasteiger partial charge in [0.05, 0.1) is 6.20 Å². The van der Waals surface area contributed by atoms with Gasteiger partial charge in [-0.1, -0.05) is 17.7 Å². The maximum atomic E-state index is 6.00. The van der Waals surface area contributed by atoms with Crippen molar-refractivity contribution in [2.45, 2.75) is 6.92 Å². The van der Waals surface area contributed by atoms with Gasteiger partial charge in [-0.2, -0.15) is 15.1 Å². The number of aryl methyl sites for hydroxylation is 1. The number of hydrogen-bond donors (Lipinski definition) is 2. The summed E-state index contributed by atoms with van der Waals surface area (Å²) in [5.74, 6) is 1.54. The Balaban J connectivity index is 2.09. The molecule has 0 aliphatic carbocycles. The van der Waals surface area contributed by atoms with Gasteiger partial charge in [0.15, 0.2) is 5.65 Å². The summed E-state index contributed by atoms with van der Waals surface area (Å²) in [5.41, 5.74) is 1.58. The molecule has 0 saturated carbocycles. The van der Waals surface area contributed by atoms with E-state index in [4.69, 9.17) is 16.3 Å². The molecule has 3 rings (SSSR count). The predicted molar refractivity (Wildman–Crippen MR) is 77.5 cm³/mol. The fourth-order valence-corrected chi connectivity index (χ4v) is 1.95. The van der Waals surface area contributed by atoms with E-state index >= 15 is 0 Å². The number of hydrogen-bond acceptors (Lipinski definition) is 5. The van der Waals surface area contributed by atoms with Crippen LogP contribution in [-0.4, -0.2) is 27.2 Å². The van der Waals surface area contributed by atoms with Crippen molar-refractivity contribution in [3.8, 4) is 11.6 Å². The Morgan fingerprint density at radius 2 is 2.15 bits per heavy atom. The Kier molecular flexibility index (Phi) is 3.15. The van der Waals surface area contributed by atoms with Crippen molar-refractivity contribution in [1.29, 1.82) is 0 Å². The molecule has 7 heteroatoms. The molecule has 102 valence electrons. The number of aromatic amines is 1. The van der Waals surface area contributed by atoms with Gasteiger partial charge in [0, 0.05) is 12.1 Å². The summed E-state index contributed by atoms with van der Waals surface area (Å²) < 4.78 is 5.87. The van der Waals surface area contributed by atoms with Crippen LogP contribution in [0.4, 0.5) is 5.95 Å². The van der Waals surface area contributed by atoms with Gasteiger partial charge in [0.25, 0.3) is 0 Å². The summed E-state index contributed by atoms with van der Waals surface area (Å²) in [6, 6.07) is 5.46. The van der Waals surface area contributed by atoms with Gasteiger partial charge in [-0.3, -0.25) is 5.10 Å². The first-order valence-electron chi connectivity index (χ1n) is 6.00. The lowest BCUT2D eigenvalue weighted by molar-refractivity contribution is 0.465. The second-order valence-electron chi connectivity index (χ2n) is 4.25. The third-order valence-corrected chi connectivity index (χ3v) is 3.09. The monoisotopic (exact) mass is 289 g/mol. The zero-order valence-electron chi connectivity index (χ0n) is 10.9. The van der Waals surface area contributed by atoms with Gasteiger partial charge in [-0.15, -0.1) is 0 Å². The van der Waals surface area contributed by atoms with E-state index in [0.717, 1.165) is 5.56 Å². The zero-order valence-corrected chi connectivity index (χ0v) is 11.7. The highest BCUT2D eigenvalue weighted by atomic mass is 35.5. The number of ether oxygens (including phenoxy) is 1. The van der Waals surface area contributed by atoms with E-state index in [0.29, 0.717) is 33.6 Å². The van der Waals surface area contributed by atoms with Gasteiger partial charge >= 0.3 is 0 Å². The Morgan fingerprint density at radius 1 is 1.30 bits per heavy atom. The van der Waals surface area contributed by atoms with E-state index in [9.17, 15) is 0 Å². The van der Waals surface area contributed by atoms with Gasteiger partial charge in [0.1, 0.15) is 11.1 Å². The average Bonchev–Trinajstić information content (AvgIpc) is 2.91. The van der Waals surface area contributed by atoms with Crippen LogP contribution in [-0.2, 0) is 0 Å². The Labute approximate surface area is 120 Å². The molecule has 3 aromatic rings. The molecule has 1 aromatic carbocycles. The first-order chi connectivity index (χ1) is 9.67. The number of anilines is 1. The molecular weight excluding hydrogens is 278 g/mol. The minimum atomic E-state index is 0.429. The summed E-state index contributed by atoms with van der Waals surface area (Å²) in [4.78, 5) is 8.56. The van der Waals surface area contributed by atoms with E-state index in [1.54, 1.807) is 19.3 Å². The standard InChI is InChI=1S/C13H12ClN5O/c1-7-3-4-8(14)5-10(7)20-12-9-6-16-19-11(9)17-13(15-2)18-12/h3-6H,1-2H3,(H2,15,16,17,18,19). The van der Waals surface area contributed by atoms with Crippen LogP contribution in [0.15, 0.2) is 24.4 Å². The topological polar surface area (TPSA) is 75.7 Å². The quantitative estimate of drug-likeness (QED) is 0.774. The number of halogens is 1. The third kappa shape index (κ3) is 2.25. The number of nitrogens with one attached hydrogen (secondary N) is 2. The van der Waals surface area contributed by atoms with Crippen LogP contribution < -0.4 is 10.1 Å². The zero-order chi connectivity index (χ0) is 14.1. The van der Waals surface area contributed by atoms with E-state index < -0.39 is 0 Å². The molecule has 0 unspecified atom stereocenters. The molecule has 0 bridgehead atoms. The number of fused-ring (bicyclic) bond motifs is 1. The predicted octanol–water partition coefficient (Wildman–Crippen LogP) is 3.15. The maximum Gasteiger partial charge on any atom is 0.235 e. The minimum Gasteiger partial charge on any atom is -0.438 e. The molecule has 0 atom stereocenters. The smallest absolute Gasteiger partial charge is 0.235 e. The lowest BCUT2D eigenvalue weighted by Gasteiger charge is -2.09. The molecule has 2 aromatic heterocycles. The highest BCUT2D eigenvalue weighted by Crippen LogP contribution is 2.31. The van der Waals surface area contributed by atoms with Crippen LogP contribution in [0.5, 0.6) is 11.6 Å². The molecular formula is C13H12ClN5O. The van der Waals surface area contributed by atoms with Crippen LogP contribution in [0.2, 0.25) is 5.02 Å². The molecule has 2 heterocycles.